The second kappa shape index (κ2) is 7.31. The molecule has 0 bridgehead atoms. The van der Waals surface area contributed by atoms with Crippen LogP contribution in [0.5, 0.6) is 0 Å². The summed E-state index contributed by atoms with van der Waals surface area (Å²) in [5.74, 6) is 0. The molecule has 4 nitrogen and oxygen atoms in total. The first-order chi connectivity index (χ1) is 13.9. The molecule has 0 N–H and O–H groups in total. The zero-order chi connectivity index (χ0) is 18.8. The van der Waals surface area contributed by atoms with Crippen LogP contribution in [-0.2, 0) is 9.68 Å². The second-order valence-electron chi connectivity index (χ2n) is 7.07. The van der Waals surface area contributed by atoms with Crippen LogP contribution in [0, 0.1) is 0 Å². The van der Waals surface area contributed by atoms with Crippen LogP contribution in [0.3, 0.4) is 0 Å². The minimum atomic E-state index is -0.0190. The molecule has 0 amide bonds. The van der Waals surface area contributed by atoms with E-state index in [9.17, 15) is 0 Å². The molecule has 0 aromatic heterocycles. The van der Waals surface area contributed by atoms with Gasteiger partial charge in [-0.1, -0.05) is 89.2 Å². The Labute approximate surface area is 164 Å². The molecule has 4 heteroatoms. The fraction of sp³-hybridized carbons (Fsp3) is 0.167. The van der Waals surface area contributed by atoms with Crippen LogP contribution in [0.4, 0.5) is 0 Å². The van der Waals surface area contributed by atoms with Gasteiger partial charge in [-0.2, -0.15) is 0 Å². The number of benzene rings is 3. The van der Waals surface area contributed by atoms with Crippen molar-refractivity contribution in [3.05, 3.63) is 107 Å². The Morgan fingerprint density at radius 2 is 1.04 bits per heavy atom. The van der Waals surface area contributed by atoms with E-state index in [0.717, 1.165) is 46.5 Å². The lowest BCUT2D eigenvalue weighted by molar-refractivity contribution is 0.0857. The summed E-state index contributed by atoms with van der Waals surface area (Å²) >= 11 is 0. The Bertz CT molecular complexity index is 948. The molecule has 2 heterocycles. The molecule has 2 atom stereocenters. The van der Waals surface area contributed by atoms with Crippen molar-refractivity contribution in [3.63, 3.8) is 0 Å². The maximum absolute atomic E-state index is 5.68. The highest BCUT2D eigenvalue weighted by Gasteiger charge is 2.26. The first kappa shape index (κ1) is 16.8. The molecule has 3 aromatic rings. The summed E-state index contributed by atoms with van der Waals surface area (Å²) in [6, 6.07) is 28.8. The lowest BCUT2D eigenvalue weighted by Gasteiger charge is -2.08. The largest absolute Gasteiger partial charge is 0.387 e. The van der Waals surface area contributed by atoms with E-state index in [1.165, 1.54) is 0 Å². The van der Waals surface area contributed by atoms with Crippen LogP contribution in [0.1, 0.15) is 47.3 Å². The van der Waals surface area contributed by atoms with Gasteiger partial charge in [-0.05, 0) is 17.2 Å². The van der Waals surface area contributed by atoms with Crippen molar-refractivity contribution < 1.29 is 9.68 Å². The fourth-order valence-corrected chi connectivity index (χ4v) is 3.67. The summed E-state index contributed by atoms with van der Waals surface area (Å²) in [6.07, 6.45) is 1.50. The van der Waals surface area contributed by atoms with Crippen molar-refractivity contribution in [1.82, 2.24) is 0 Å². The zero-order valence-corrected chi connectivity index (χ0v) is 15.4. The summed E-state index contributed by atoms with van der Waals surface area (Å²) in [7, 11) is 0. The standard InChI is InChI=1S/C24H20N2O2/c1-3-8-17(9-4-1)23-15-21(25-27-23)19-12-7-13-20(14-19)22-16-24(28-26-22)18-10-5-2-6-11-18/h1-14,23-24H,15-16H2. The summed E-state index contributed by atoms with van der Waals surface area (Å²) in [4.78, 5) is 11.4. The number of rotatable bonds is 4. The van der Waals surface area contributed by atoms with Crippen LogP contribution < -0.4 is 0 Å². The van der Waals surface area contributed by atoms with Gasteiger partial charge < -0.3 is 9.68 Å². The Morgan fingerprint density at radius 1 is 0.571 bits per heavy atom. The van der Waals surface area contributed by atoms with E-state index < -0.39 is 0 Å². The Balaban J connectivity index is 1.31. The summed E-state index contributed by atoms with van der Waals surface area (Å²) < 4.78 is 0. The van der Waals surface area contributed by atoms with Crippen LogP contribution in [0.25, 0.3) is 0 Å². The van der Waals surface area contributed by atoms with Crippen molar-refractivity contribution in [2.45, 2.75) is 25.0 Å². The molecule has 0 saturated heterocycles. The average Bonchev–Trinajstić information content (AvgIpc) is 3.46. The molecule has 2 aliphatic heterocycles. The molecular formula is C24H20N2O2. The smallest absolute Gasteiger partial charge is 0.158 e. The Kier molecular flexibility index (Phi) is 4.37. The highest BCUT2D eigenvalue weighted by atomic mass is 16.6. The Hall–Kier alpha value is -3.40. The predicted octanol–water partition coefficient (Wildman–Crippen LogP) is 5.42. The molecule has 138 valence electrons. The third-order valence-corrected chi connectivity index (χ3v) is 5.21. The van der Waals surface area contributed by atoms with Gasteiger partial charge in [0.2, 0.25) is 0 Å². The minimum Gasteiger partial charge on any atom is -0.387 e. The van der Waals surface area contributed by atoms with E-state index in [4.69, 9.17) is 9.68 Å². The SMILES string of the molecule is c1ccc(C2CC(c3cccc(C4=NOC(c5ccccc5)C4)c3)=NO2)cc1. The van der Waals surface area contributed by atoms with E-state index in [0.29, 0.717) is 0 Å². The zero-order valence-electron chi connectivity index (χ0n) is 15.4. The van der Waals surface area contributed by atoms with E-state index in [1.807, 2.05) is 42.5 Å². The molecule has 2 unspecified atom stereocenters. The third kappa shape index (κ3) is 3.29. The summed E-state index contributed by atoms with van der Waals surface area (Å²) in [5, 5.41) is 8.68. The van der Waals surface area contributed by atoms with Crippen molar-refractivity contribution in [1.29, 1.82) is 0 Å². The quantitative estimate of drug-likeness (QED) is 0.617. The molecule has 0 radical (unpaired) electrons. The number of nitrogens with zero attached hydrogens (tertiary/aromatic N) is 2. The van der Waals surface area contributed by atoms with Gasteiger partial charge in [0, 0.05) is 24.0 Å². The lowest BCUT2D eigenvalue weighted by atomic mass is 9.96. The molecule has 3 aromatic carbocycles. The monoisotopic (exact) mass is 368 g/mol. The van der Waals surface area contributed by atoms with Crippen LogP contribution in [0.2, 0.25) is 0 Å². The predicted molar refractivity (Wildman–Crippen MR) is 109 cm³/mol. The van der Waals surface area contributed by atoms with Crippen molar-refractivity contribution in [2.75, 3.05) is 0 Å². The van der Waals surface area contributed by atoms with Gasteiger partial charge in [0.15, 0.2) is 12.2 Å². The normalized spacial score (nSPS) is 20.9. The molecule has 5 rings (SSSR count). The van der Waals surface area contributed by atoms with Crippen LogP contribution in [0.15, 0.2) is 95.2 Å². The molecule has 0 saturated carbocycles. The number of oxime groups is 2. The van der Waals surface area contributed by atoms with Gasteiger partial charge in [-0.15, -0.1) is 0 Å². The first-order valence-corrected chi connectivity index (χ1v) is 9.53. The van der Waals surface area contributed by atoms with E-state index >= 15 is 0 Å². The van der Waals surface area contributed by atoms with E-state index in [-0.39, 0.29) is 12.2 Å². The van der Waals surface area contributed by atoms with Gasteiger partial charge in [0.05, 0.1) is 11.4 Å². The first-order valence-electron chi connectivity index (χ1n) is 9.53. The summed E-state index contributed by atoms with van der Waals surface area (Å²) in [5.41, 5.74) is 6.38. The van der Waals surface area contributed by atoms with Crippen LogP contribution >= 0.6 is 0 Å². The van der Waals surface area contributed by atoms with Gasteiger partial charge in [-0.3, -0.25) is 0 Å². The van der Waals surface area contributed by atoms with Crippen LogP contribution in [-0.4, -0.2) is 11.4 Å². The van der Waals surface area contributed by atoms with Crippen molar-refractivity contribution in [2.24, 2.45) is 10.3 Å². The number of hydrogen-bond acceptors (Lipinski definition) is 4. The highest BCUT2D eigenvalue weighted by Crippen LogP contribution is 2.32. The number of hydrogen-bond donors (Lipinski definition) is 0. The van der Waals surface area contributed by atoms with Gasteiger partial charge in [0.25, 0.3) is 0 Å². The molecule has 0 aliphatic carbocycles. The molecular weight excluding hydrogens is 348 g/mol. The topological polar surface area (TPSA) is 43.2 Å². The average molecular weight is 368 g/mol. The summed E-state index contributed by atoms with van der Waals surface area (Å²) in [6.45, 7) is 0. The van der Waals surface area contributed by atoms with Crippen molar-refractivity contribution >= 4 is 11.4 Å². The van der Waals surface area contributed by atoms with Gasteiger partial charge in [-0.25, -0.2) is 0 Å². The third-order valence-electron chi connectivity index (χ3n) is 5.21. The highest BCUT2D eigenvalue weighted by molar-refractivity contribution is 6.06. The van der Waals surface area contributed by atoms with Gasteiger partial charge in [0.1, 0.15) is 0 Å². The molecule has 2 aliphatic rings. The Morgan fingerprint density at radius 3 is 1.50 bits per heavy atom. The van der Waals surface area contributed by atoms with Gasteiger partial charge >= 0.3 is 0 Å². The fourth-order valence-electron chi connectivity index (χ4n) is 3.67. The maximum Gasteiger partial charge on any atom is 0.158 e. The van der Waals surface area contributed by atoms with Crippen molar-refractivity contribution in [3.8, 4) is 0 Å². The second-order valence-corrected chi connectivity index (χ2v) is 7.07. The van der Waals surface area contributed by atoms with E-state index in [1.54, 1.807) is 0 Å². The minimum absolute atomic E-state index is 0.0190. The van der Waals surface area contributed by atoms with E-state index in [2.05, 4.69) is 52.8 Å². The molecule has 0 fully saturated rings. The molecule has 0 spiro atoms. The maximum atomic E-state index is 5.68. The molecule has 28 heavy (non-hydrogen) atoms. The lowest BCUT2D eigenvalue weighted by Crippen LogP contribution is -2.05.